The molecule has 1 aromatic heterocycles. The van der Waals surface area contributed by atoms with E-state index in [0.717, 1.165) is 18.3 Å². The van der Waals surface area contributed by atoms with Crippen LogP contribution in [0, 0.1) is 30.3 Å². The molecule has 0 unspecified atom stereocenters. The molecule has 0 aliphatic heterocycles. The third kappa shape index (κ3) is 2.92. The number of ether oxygens (including phenoxy) is 1. The monoisotopic (exact) mass is 306 g/mol. The van der Waals surface area contributed by atoms with Gasteiger partial charge in [-0.2, -0.15) is 0 Å². The van der Waals surface area contributed by atoms with Gasteiger partial charge in [-0.1, -0.05) is 0 Å². The number of nitrogens with zero attached hydrogens (tertiary/aromatic N) is 4. The van der Waals surface area contributed by atoms with Crippen molar-refractivity contribution in [2.45, 2.75) is 0 Å². The zero-order chi connectivity index (χ0) is 16.3. The first-order valence-corrected chi connectivity index (χ1v) is 5.60. The van der Waals surface area contributed by atoms with Crippen LogP contribution in [0.15, 0.2) is 36.5 Å². The third-order valence-electron chi connectivity index (χ3n) is 2.49. The van der Waals surface area contributed by atoms with Crippen molar-refractivity contribution in [2.75, 3.05) is 0 Å². The van der Waals surface area contributed by atoms with E-state index in [4.69, 9.17) is 4.74 Å². The Balaban J connectivity index is 2.48. The average Bonchev–Trinajstić information content (AvgIpc) is 2.47. The van der Waals surface area contributed by atoms with Gasteiger partial charge in [0.2, 0.25) is 11.5 Å². The van der Waals surface area contributed by atoms with Gasteiger partial charge in [0, 0.05) is 6.07 Å². The van der Waals surface area contributed by atoms with Crippen molar-refractivity contribution in [3.63, 3.8) is 0 Å². The highest BCUT2D eigenvalue weighted by atomic mass is 16.6. The van der Waals surface area contributed by atoms with E-state index in [1.165, 1.54) is 12.1 Å². The van der Waals surface area contributed by atoms with Crippen LogP contribution < -0.4 is 4.74 Å². The van der Waals surface area contributed by atoms with Gasteiger partial charge in [0.1, 0.15) is 6.20 Å². The van der Waals surface area contributed by atoms with Gasteiger partial charge in [-0.3, -0.25) is 20.2 Å². The fourth-order valence-corrected chi connectivity index (χ4v) is 1.57. The number of pyridine rings is 1. The number of nitro groups is 3. The summed E-state index contributed by atoms with van der Waals surface area (Å²) in [4.78, 5) is 33.4. The first kappa shape index (κ1) is 14.8. The molecule has 2 aromatic rings. The largest absolute Gasteiger partial charge is 0.441 e. The molecule has 0 saturated carbocycles. The Morgan fingerprint density at radius 1 is 0.909 bits per heavy atom. The molecule has 0 amide bonds. The molecule has 1 heterocycles. The van der Waals surface area contributed by atoms with E-state index in [-0.39, 0.29) is 11.5 Å². The maximum absolute atomic E-state index is 11.0. The molecule has 22 heavy (non-hydrogen) atoms. The molecule has 0 spiro atoms. The number of hydrogen-bond donors (Lipinski definition) is 0. The van der Waals surface area contributed by atoms with Crippen LogP contribution in [0.1, 0.15) is 0 Å². The van der Waals surface area contributed by atoms with E-state index in [2.05, 4.69) is 4.98 Å². The molecule has 112 valence electrons. The molecule has 0 aliphatic rings. The van der Waals surface area contributed by atoms with Gasteiger partial charge in [-0.25, -0.2) is 0 Å². The smallest absolute Gasteiger partial charge is 0.406 e. The SMILES string of the molecule is O=[N+]([O-])c1ccc(Oc2cccnc2[N+](=O)[O-])c([N+](=O)[O-])c1. The Kier molecular flexibility index (Phi) is 3.88. The van der Waals surface area contributed by atoms with Gasteiger partial charge in [0.25, 0.3) is 5.69 Å². The van der Waals surface area contributed by atoms with Crippen molar-refractivity contribution < 1.29 is 19.5 Å². The molecule has 0 fully saturated rings. The molecule has 0 N–H and O–H groups in total. The molecule has 0 aliphatic carbocycles. The molecule has 0 bridgehead atoms. The van der Waals surface area contributed by atoms with Gasteiger partial charge >= 0.3 is 11.5 Å². The number of non-ortho nitro benzene ring substituents is 1. The second-order valence-electron chi connectivity index (χ2n) is 3.85. The molecule has 0 saturated heterocycles. The predicted molar refractivity (Wildman–Crippen MR) is 70.7 cm³/mol. The summed E-state index contributed by atoms with van der Waals surface area (Å²) in [7, 11) is 0. The maximum atomic E-state index is 11.0. The van der Waals surface area contributed by atoms with E-state index < -0.39 is 32.0 Å². The number of aromatic nitrogens is 1. The van der Waals surface area contributed by atoms with Crippen molar-refractivity contribution >= 4 is 17.2 Å². The second-order valence-corrected chi connectivity index (χ2v) is 3.85. The summed E-state index contributed by atoms with van der Waals surface area (Å²) in [5.41, 5.74) is -1.19. The van der Waals surface area contributed by atoms with E-state index in [9.17, 15) is 30.3 Å². The van der Waals surface area contributed by atoms with Crippen molar-refractivity contribution in [2.24, 2.45) is 0 Å². The number of rotatable bonds is 5. The Morgan fingerprint density at radius 2 is 1.64 bits per heavy atom. The molecular formula is C11H6N4O7. The summed E-state index contributed by atoms with van der Waals surface area (Å²) >= 11 is 0. The van der Waals surface area contributed by atoms with Crippen molar-refractivity contribution in [3.8, 4) is 11.5 Å². The maximum Gasteiger partial charge on any atom is 0.406 e. The van der Waals surface area contributed by atoms with Crippen LogP contribution in [0.25, 0.3) is 0 Å². The molecule has 2 rings (SSSR count). The van der Waals surface area contributed by atoms with Crippen LogP contribution in [0.4, 0.5) is 17.2 Å². The van der Waals surface area contributed by atoms with Crippen LogP contribution >= 0.6 is 0 Å². The van der Waals surface area contributed by atoms with Gasteiger partial charge in [0.15, 0.2) is 0 Å². The highest BCUT2D eigenvalue weighted by Gasteiger charge is 2.24. The summed E-state index contributed by atoms with van der Waals surface area (Å²) in [6.45, 7) is 0. The third-order valence-corrected chi connectivity index (χ3v) is 2.49. The van der Waals surface area contributed by atoms with Gasteiger partial charge in [0.05, 0.1) is 15.9 Å². The minimum absolute atomic E-state index is 0.315. The molecule has 0 radical (unpaired) electrons. The van der Waals surface area contributed by atoms with Gasteiger partial charge < -0.3 is 14.9 Å². The van der Waals surface area contributed by atoms with Gasteiger partial charge in [-0.05, 0) is 28.1 Å². The number of nitro benzene ring substituents is 2. The first-order valence-electron chi connectivity index (χ1n) is 5.60. The fourth-order valence-electron chi connectivity index (χ4n) is 1.57. The number of benzene rings is 1. The average molecular weight is 306 g/mol. The summed E-state index contributed by atoms with van der Waals surface area (Å²) < 4.78 is 5.13. The zero-order valence-corrected chi connectivity index (χ0v) is 10.6. The Bertz CT molecular complexity index is 777. The highest BCUT2D eigenvalue weighted by Crippen LogP contribution is 2.36. The fraction of sp³-hybridized carbons (Fsp3) is 0. The molecule has 1 aromatic carbocycles. The second kappa shape index (κ2) is 5.78. The van der Waals surface area contributed by atoms with Crippen molar-refractivity contribution in [1.82, 2.24) is 4.98 Å². The lowest BCUT2D eigenvalue weighted by atomic mass is 10.2. The summed E-state index contributed by atoms with van der Waals surface area (Å²) in [6.07, 6.45) is 1.16. The normalized spacial score (nSPS) is 10.0. The van der Waals surface area contributed by atoms with Crippen LogP contribution in [-0.2, 0) is 0 Å². The van der Waals surface area contributed by atoms with Crippen LogP contribution in [0.5, 0.6) is 11.5 Å². The molecule has 11 heteroatoms. The quantitative estimate of drug-likeness (QED) is 0.603. The lowest BCUT2D eigenvalue weighted by Gasteiger charge is -2.06. The first-order chi connectivity index (χ1) is 10.4. The lowest BCUT2D eigenvalue weighted by molar-refractivity contribution is -0.395. The van der Waals surface area contributed by atoms with E-state index in [0.29, 0.717) is 6.07 Å². The topological polar surface area (TPSA) is 152 Å². The van der Waals surface area contributed by atoms with E-state index in [1.807, 2.05) is 0 Å². The zero-order valence-electron chi connectivity index (χ0n) is 10.6. The predicted octanol–water partition coefficient (Wildman–Crippen LogP) is 2.60. The highest BCUT2D eigenvalue weighted by molar-refractivity contribution is 5.56. The Labute approximate surface area is 121 Å². The van der Waals surface area contributed by atoms with Crippen molar-refractivity contribution in [3.05, 3.63) is 66.9 Å². The summed E-state index contributed by atoms with van der Waals surface area (Å²) in [5.74, 6) is -1.31. The Morgan fingerprint density at radius 3 is 2.23 bits per heavy atom. The van der Waals surface area contributed by atoms with Crippen LogP contribution in [0.2, 0.25) is 0 Å². The summed E-state index contributed by atoms with van der Waals surface area (Å²) in [6, 6.07) is 5.24. The van der Waals surface area contributed by atoms with E-state index in [1.54, 1.807) is 0 Å². The molecule has 0 atom stereocenters. The lowest BCUT2D eigenvalue weighted by Crippen LogP contribution is -1.99. The molecular weight excluding hydrogens is 300 g/mol. The minimum Gasteiger partial charge on any atom is -0.441 e. The summed E-state index contributed by atoms with van der Waals surface area (Å²) in [5, 5.41) is 32.4. The van der Waals surface area contributed by atoms with Crippen molar-refractivity contribution in [1.29, 1.82) is 0 Å². The minimum atomic E-state index is -0.884. The number of hydrogen-bond acceptors (Lipinski definition) is 8. The standard InChI is InChI=1S/C11H6N4O7/c16-13(17)7-3-4-9(8(6-7)14(18)19)22-10-2-1-5-12-11(10)15(20)21/h1-6H. The van der Waals surface area contributed by atoms with Crippen LogP contribution in [0.3, 0.4) is 0 Å². The molecule has 11 nitrogen and oxygen atoms in total. The van der Waals surface area contributed by atoms with Crippen LogP contribution in [-0.4, -0.2) is 19.8 Å². The Hall–Kier alpha value is -3.63. The van der Waals surface area contributed by atoms with E-state index >= 15 is 0 Å². The van der Waals surface area contributed by atoms with Gasteiger partial charge in [-0.15, -0.1) is 0 Å².